The highest BCUT2D eigenvalue weighted by atomic mass is 16.3. The molecule has 3 nitrogen and oxygen atoms in total. The first-order valence-corrected chi connectivity index (χ1v) is 5.24. The van der Waals surface area contributed by atoms with Crippen LogP contribution in [0.15, 0.2) is 18.2 Å². The van der Waals surface area contributed by atoms with E-state index in [1.54, 1.807) is 19.1 Å². The van der Waals surface area contributed by atoms with Crippen LogP contribution < -0.4 is 5.73 Å². The van der Waals surface area contributed by atoms with Crippen molar-refractivity contribution >= 4 is 5.78 Å². The lowest BCUT2D eigenvalue weighted by atomic mass is 10.0. The van der Waals surface area contributed by atoms with Crippen molar-refractivity contribution in [3.63, 3.8) is 0 Å². The van der Waals surface area contributed by atoms with E-state index in [0.29, 0.717) is 24.9 Å². The minimum atomic E-state index is -0.0834. The predicted octanol–water partition coefficient (Wildman–Crippen LogP) is 1.69. The summed E-state index contributed by atoms with van der Waals surface area (Å²) in [5.41, 5.74) is 6.38. The number of carbonyl (C=O) groups excluding carboxylic acids is 1. The van der Waals surface area contributed by atoms with Crippen molar-refractivity contribution < 1.29 is 9.90 Å². The van der Waals surface area contributed by atoms with Crippen molar-refractivity contribution in [2.75, 3.05) is 6.54 Å². The Morgan fingerprint density at radius 1 is 1.50 bits per heavy atom. The number of hydrogen-bond acceptors (Lipinski definition) is 3. The molecule has 0 radical (unpaired) electrons. The first-order valence-electron chi connectivity index (χ1n) is 5.24. The summed E-state index contributed by atoms with van der Waals surface area (Å²) in [6.45, 7) is 2.28. The highest BCUT2D eigenvalue weighted by molar-refractivity contribution is 5.98. The molecule has 0 unspecified atom stereocenters. The van der Waals surface area contributed by atoms with Crippen LogP contribution in [0.1, 0.15) is 35.7 Å². The van der Waals surface area contributed by atoms with E-state index < -0.39 is 0 Å². The fraction of sp³-hybridized carbons (Fsp3) is 0.308. The fourth-order valence-electron chi connectivity index (χ4n) is 1.26. The van der Waals surface area contributed by atoms with Crippen molar-refractivity contribution in [2.24, 2.45) is 5.73 Å². The zero-order valence-corrected chi connectivity index (χ0v) is 9.29. The Morgan fingerprint density at radius 3 is 2.88 bits per heavy atom. The van der Waals surface area contributed by atoms with Gasteiger partial charge in [0.15, 0.2) is 5.78 Å². The SMILES string of the molecule is CCC(=O)c1cc(C#CCCN)ccc1O. The van der Waals surface area contributed by atoms with Crippen molar-refractivity contribution in [1.82, 2.24) is 0 Å². The van der Waals surface area contributed by atoms with E-state index in [2.05, 4.69) is 11.8 Å². The number of nitrogens with two attached hydrogens (primary N) is 1. The summed E-state index contributed by atoms with van der Waals surface area (Å²) in [5.74, 6) is 5.71. The van der Waals surface area contributed by atoms with E-state index in [0.717, 1.165) is 5.56 Å². The first-order chi connectivity index (χ1) is 7.69. The zero-order valence-electron chi connectivity index (χ0n) is 9.29. The molecular weight excluding hydrogens is 202 g/mol. The Labute approximate surface area is 95.3 Å². The third-order valence-corrected chi connectivity index (χ3v) is 2.12. The summed E-state index contributed by atoms with van der Waals surface area (Å²) in [4.78, 5) is 11.5. The second-order valence-corrected chi connectivity index (χ2v) is 3.35. The summed E-state index contributed by atoms with van der Waals surface area (Å²) in [5, 5.41) is 9.52. The molecule has 0 aromatic heterocycles. The summed E-state index contributed by atoms with van der Waals surface area (Å²) >= 11 is 0. The lowest BCUT2D eigenvalue weighted by Crippen LogP contribution is -1.98. The van der Waals surface area contributed by atoms with Gasteiger partial charge in [-0.25, -0.2) is 0 Å². The molecule has 3 N–H and O–H groups in total. The summed E-state index contributed by atoms with van der Waals surface area (Å²) in [7, 11) is 0. The second-order valence-electron chi connectivity index (χ2n) is 3.35. The monoisotopic (exact) mass is 217 g/mol. The number of carbonyl (C=O) groups is 1. The van der Waals surface area contributed by atoms with Gasteiger partial charge in [-0.3, -0.25) is 4.79 Å². The van der Waals surface area contributed by atoms with Crippen LogP contribution in [0.5, 0.6) is 5.75 Å². The minimum absolute atomic E-state index is 0.0104. The average molecular weight is 217 g/mol. The molecule has 0 saturated carbocycles. The van der Waals surface area contributed by atoms with Crippen LogP contribution in [-0.2, 0) is 0 Å². The Bertz CT molecular complexity index is 441. The molecule has 0 aliphatic heterocycles. The van der Waals surface area contributed by atoms with E-state index in [1.807, 2.05) is 0 Å². The summed E-state index contributed by atoms with van der Waals surface area (Å²) < 4.78 is 0. The van der Waals surface area contributed by atoms with Crippen LogP contribution in [0.2, 0.25) is 0 Å². The van der Waals surface area contributed by atoms with E-state index >= 15 is 0 Å². The Hall–Kier alpha value is -1.79. The third-order valence-electron chi connectivity index (χ3n) is 2.12. The molecule has 0 heterocycles. The number of ketones is 1. The van der Waals surface area contributed by atoms with Crippen LogP contribution in [-0.4, -0.2) is 17.4 Å². The van der Waals surface area contributed by atoms with Crippen LogP contribution in [0.4, 0.5) is 0 Å². The molecule has 0 atom stereocenters. The van der Waals surface area contributed by atoms with Crippen LogP contribution >= 0.6 is 0 Å². The first kappa shape index (κ1) is 12.3. The molecule has 0 spiro atoms. The van der Waals surface area contributed by atoms with Gasteiger partial charge in [0.25, 0.3) is 0 Å². The van der Waals surface area contributed by atoms with Gasteiger partial charge in [0.05, 0.1) is 5.56 Å². The molecule has 0 aliphatic carbocycles. The fourth-order valence-corrected chi connectivity index (χ4v) is 1.26. The molecule has 0 amide bonds. The molecule has 0 fully saturated rings. The smallest absolute Gasteiger partial charge is 0.166 e. The topological polar surface area (TPSA) is 63.3 Å². The van der Waals surface area contributed by atoms with Gasteiger partial charge in [0.2, 0.25) is 0 Å². The van der Waals surface area contributed by atoms with Crippen LogP contribution in [0, 0.1) is 11.8 Å². The molecule has 16 heavy (non-hydrogen) atoms. The average Bonchev–Trinajstić information content (AvgIpc) is 2.30. The van der Waals surface area contributed by atoms with Gasteiger partial charge in [0, 0.05) is 24.9 Å². The lowest BCUT2D eigenvalue weighted by molar-refractivity contribution is 0.0985. The molecule has 1 aromatic carbocycles. The number of hydrogen-bond donors (Lipinski definition) is 2. The Kier molecular flexibility index (Phi) is 4.56. The number of rotatable bonds is 3. The molecule has 3 heteroatoms. The molecular formula is C13H15NO2. The van der Waals surface area contributed by atoms with Gasteiger partial charge in [0.1, 0.15) is 5.75 Å². The van der Waals surface area contributed by atoms with E-state index in [1.165, 1.54) is 6.07 Å². The number of benzene rings is 1. The van der Waals surface area contributed by atoms with Crippen molar-refractivity contribution in [1.29, 1.82) is 0 Å². The van der Waals surface area contributed by atoms with Gasteiger partial charge in [-0.2, -0.15) is 0 Å². The van der Waals surface area contributed by atoms with Gasteiger partial charge in [-0.05, 0) is 18.2 Å². The third kappa shape index (κ3) is 3.11. The quantitative estimate of drug-likeness (QED) is 0.598. The van der Waals surface area contributed by atoms with Crippen molar-refractivity contribution in [2.45, 2.75) is 19.8 Å². The normalized spacial score (nSPS) is 9.38. The van der Waals surface area contributed by atoms with Gasteiger partial charge < -0.3 is 10.8 Å². The van der Waals surface area contributed by atoms with E-state index in [4.69, 9.17) is 5.73 Å². The number of phenols is 1. The molecule has 1 aromatic rings. The van der Waals surface area contributed by atoms with Gasteiger partial charge in [-0.1, -0.05) is 18.8 Å². The maximum absolute atomic E-state index is 11.5. The number of aromatic hydroxyl groups is 1. The maximum atomic E-state index is 11.5. The van der Waals surface area contributed by atoms with Crippen molar-refractivity contribution in [3.05, 3.63) is 29.3 Å². The maximum Gasteiger partial charge on any atom is 0.166 e. The second kappa shape index (κ2) is 5.94. The number of phenolic OH excluding ortho intramolecular Hbond substituents is 1. The largest absolute Gasteiger partial charge is 0.507 e. The van der Waals surface area contributed by atoms with Crippen LogP contribution in [0.3, 0.4) is 0 Å². The molecule has 1 rings (SSSR count). The zero-order chi connectivity index (χ0) is 12.0. The summed E-state index contributed by atoms with van der Waals surface area (Å²) in [6.07, 6.45) is 0.991. The molecule has 0 aliphatic rings. The van der Waals surface area contributed by atoms with Crippen molar-refractivity contribution in [3.8, 4) is 17.6 Å². The predicted molar refractivity (Wildman–Crippen MR) is 63.3 cm³/mol. The highest BCUT2D eigenvalue weighted by Gasteiger charge is 2.08. The van der Waals surface area contributed by atoms with Crippen LogP contribution in [0.25, 0.3) is 0 Å². The standard InChI is InChI=1S/C13H15NO2/c1-2-12(15)11-9-10(5-3-4-8-14)6-7-13(11)16/h6-7,9,16H,2,4,8,14H2,1H3. The summed E-state index contributed by atoms with van der Waals surface area (Å²) in [6, 6.07) is 4.80. The van der Waals surface area contributed by atoms with Gasteiger partial charge >= 0.3 is 0 Å². The minimum Gasteiger partial charge on any atom is -0.507 e. The lowest BCUT2D eigenvalue weighted by Gasteiger charge is -2.02. The van der Waals surface area contributed by atoms with E-state index in [9.17, 15) is 9.90 Å². The van der Waals surface area contributed by atoms with E-state index in [-0.39, 0.29) is 11.5 Å². The molecule has 84 valence electrons. The Balaban J connectivity index is 2.99. The Morgan fingerprint density at radius 2 is 2.25 bits per heavy atom. The molecule has 0 bridgehead atoms. The highest BCUT2D eigenvalue weighted by Crippen LogP contribution is 2.19. The molecule has 0 saturated heterocycles. The number of Topliss-reactive ketones (excluding diaryl/α,β-unsaturated/α-hetero) is 1. The van der Waals surface area contributed by atoms with Gasteiger partial charge in [-0.15, -0.1) is 0 Å².